The van der Waals surface area contributed by atoms with Gasteiger partial charge in [-0.05, 0) is 69.1 Å². The molecule has 2 aliphatic rings. The maximum absolute atomic E-state index is 12.6. The third kappa shape index (κ3) is 3.58. The molecule has 1 aromatic carbocycles. The number of nitrogens with one attached hydrogen (secondary N) is 1. The van der Waals surface area contributed by atoms with Crippen molar-refractivity contribution in [3.8, 4) is 0 Å². The monoisotopic (exact) mass is 475 g/mol. The molecule has 0 bridgehead atoms. The van der Waals surface area contributed by atoms with Gasteiger partial charge in [0.15, 0.2) is 5.82 Å². The van der Waals surface area contributed by atoms with Crippen LogP contribution in [0, 0.1) is 0 Å². The molecular weight excluding hydrogens is 450 g/mol. The average molecular weight is 476 g/mol. The number of amides is 1. The zero-order valence-electron chi connectivity index (χ0n) is 19.3. The standard InChI is InChI=1S/C24H25N7O2S/c1-23(2,3)33-22(32)31-9-8-24(31)12-30(13-24)19-7-6-17-20(29-19)21(26-14-25-17)28-16-5-4-15-11-27-34-18(15)10-16/h4-7,10-11,14H,8-9,12-13H2,1-3H3,(H,25,26,28). The Morgan fingerprint density at radius 1 is 1.18 bits per heavy atom. The molecule has 1 amide bonds. The Balaban J connectivity index is 1.22. The quantitative estimate of drug-likeness (QED) is 0.460. The van der Waals surface area contributed by atoms with Gasteiger partial charge in [-0.2, -0.15) is 4.37 Å². The molecule has 34 heavy (non-hydrogen) atoms. The molecule has 9 nitrogen and oxygen atoms in total. The summed E-state index contributed by atoms with van der Waals surface area (Å²) in [5, 5.41) is 4.51. The van der Waals surface area contributed by atoms with Crippen LogP contribution >= 0.6 is 11.5 Å². The molecule has 2 saturated heterocycles. The van der Waals surface area contributed by atoms with Crippen molar-refractivity contribution in [2.45, 2.75) is 38.3 Å². The van der Waals surface area contributed by atoms with Crippen LogP contribution in [0.5, 0.6) is 0 Å². The van der Waals surface area contributed by atoms with Gasteiger partial charge in [0.1, 0.15) is 23.3 Å². The zero-order valence-corrected chi connectivity index (χ0v) is 20.1. The Kier molecular flexibility index (Phi) is 4.63. The molecule has 0 unspecified atom stereocenters. The van der Waals surface area contributed by atoms with Gasteiger partial charge in [-0.1, -0.05) is 0 Å². The van der Waals surface area contributed by atoms with E-state index in [9.17, 15) is 4.79 Å². The van der Waals surface area contributed by atoms with Crippen molar-refractivity contribution in [2.75, 3.05) is 29.9 Å². The smallest absolute Gasteiger partial charge is 0.410 e. The SMILES string of the molecule is CC(C)(C)OC(=O)N1CCC12CN(c1ccc3ncnc(Nc4ccc5cnsc5c4)c3n1)C2. The summed E-state index contributed by atoms with van der Waals surface area (Å²) in [4.78, 5) is 30.4. The van der Waals surface area contributed by atoms with Crippen LogP contribution in [0.4, 0.5) is 22.1 Å². The normalized spacial score (nSPS) is 17.0. The van der Waals surface area contributed by atoms with Crippen molar-refractivity contribution in [3.05, 3.63) is 42.9 Å². The first-order chi connectivity index (χ1) is 16.3. The van der Waals surface area contributed by atoms with Crippen LogP contribution in [0.2, 0.25) is 0 Å². The molecule has 6 rings (SSSR count). The van der Waals surface area contributed by atoms with Crippen molar-refractivity contribution < 1.29 is 9.53 Å². The Morgan fingerprint density at radius 2 is 2.03 bits per heavy atom. The number of hydrogen-bond acceptors (Lipinski definition) is 9. The number of aromatic nitrogens is 4. The minimum absolute atomic E-state index is 0.155. The maximum Gasteiger partial charge on any atom is 0.410 e. The van der Waals surface area contributed by atoms with Gasteiger partial charge < -0.3 is 15.0 Å². The van der Waals surface area contributed by atoms with Gasteiger partial charge in [-0.15, -0.1) is 0 Å². The van der Waals surface area contributed by atoms with E-state index >= 15 is 0 Å². The molecule has 2 fully saturated rings. The average Bonchev–Trinajstić information content (AvgIpc) is 3.19. The van der Waals surface area contributed by atoms with E-state index in [1.807, 2.05) is 56.1 Å². The number of hydrogen-bond donors (Lipinski definition) is 1. The summed E-state index contributed by atoms with van der Waals surface area (Å²) in [6, 6.07) is 10.1. The second-order valence-corrected chi connectivity index (χ2v) is 10.8. The number of rotatable bonds is 3. The molecule has 0 aliphatic carbocycles. The fraction of sp³-hybridized carbons (Fsp3) is 0.375. The van der Waals surface area contributed by atoms with E-state index in [4.69, 9.17) is 9.72 Å². The highest BCUT2D eigenvalue weighted by molar-refractivity contribution is 7.13. The Hall–Kier alpha value is -3.53. The fourth-order valence-corrected chi connectivity index (χ4v) is 5.25. The highest BCUT2D eigenvalue weighted by atomic mass is 32.1. The first-order valence-electron chi connectivity index (χ1n) is 11.3. The number of nitrogens with zero attached hydrogens (tertiary/aromatic N) is 6. The van der Waals surface area contributed by atoms with E-state index in [1.54, 1.807) is 6.33 Å². The van der Waals surface area contributed by atoms with E-state index in [1.165, 1.54) is 11.5 Å². The van der Waals surface area contributed by atoms with E-state index < -0.39 is 5.60 Å². The minimum atomic E-state index is -0.495. The van der Waals surface area contributed by atoms with Crippen LogP contribution in [-0.2, 0) is 4.74 Å². The predicted molar refractivity (Wildman–Crippen MR) is 133 cm³/mol. The van der Waals surface area contributed by atoms with E-state index in [-0.39, 0.29) is 11.6 Å². The van der Waals surface area contributed by atoms with E-state index in [0.717, 1.165) is 53.2 Å². The van der Waals surface area contributed by atoms with Crippen LogP contribution in [0.3, 0.4) is 0 Å². The third-order valence-electron chi connectivity index (χ3n) is 6.37. The maximum atomic E-state index is 12.6. The lowest BCUT2D eigenvalue weighted by molar-refractivity contribution is -0.0562. The van der Waals surface area contributed by atoms with E-state index in [2.05, 4.69) is 30.6 Å². The number of ether oxygens (including phenoxy) is 1. The Bertz CT molecular complexity index is 1410. The fourth-order valence-electron chi connectivity index (χ4n) is 4.57. The number of anilines is 3. The van der Waals surface area contributed by atoms with Crippen LogP contribution < -0.4 is 10.2 Å². The predicted octanol–water partition coefficient (Wildman–Crippen LogP) is 4.58. The lowest BCUT2D eigenvalue weighted by atomic mass is 9.78. The summed E-state index contributed by atoms with van der Waals surface area (Å²) in [6.45, 7) is 7.90. The molecule has 1 N–H and O–H groups in total. The molecule has 1 spiro atoms. The van der Waals surface area contributed by atoms with Gasteiger partial charge in [0, 0.05) is 36.9 Å². The van der Waals surface area contributed by atoms with E-state index in [0.29, 0.717) is 11.3 Å². The van der Waals surface area contributed by atoms with Gasteiger partial charge >= 0.3 is 6.09 Å². The molecule has 2 aliphatic heterocycles. The second kappa shape index (κ2) is 7.49. The Labute approximate surface area is 200 Å². The molecule has 0 radical (unpaired) electrons. The number of likely N-dealkylation sites (tertiary alicyclic amines) is 1. The molecular formula is C24H25N7O2S. The third-order valence-corrected chi connectivity index (χ3v) is 7.13. The summed E-state index contributed by atoms with van der Waals surface area (Å²) < 4.78 is 10.9. The highest BCUT2D eigenvalue weighted by Crippen LogP contribution is 2.42. The molecule has 5 heterocycles. The number of fused-ring (bicyclic) bond motifs is 2. The zero-order chi connectivity index (χ0) is 23.5. The van der Waals surface area contributed by atoms with Crippen LogP contribution in [0.1, 0.15) is 27.2 Å². The summed E-state index contributed by atoms with van der Waals surface area (Å²) in [5.41, 5.74) is 1.76. The number of carbonyl (C=O) groups is 1. The van der Waals surface area contributed by atoms with Gasteiger partial charge in [-0.25, -0.2) is 19.7 Å². The molecule has 0 saturated carbocycles. The highest BCUT2D eigenvalue weighted by Gasteiger charge is 2.56. The summed E-state index contributed by atoms with van der Waals surface area (Å²) in [6.07, 6.45) is 4.15. The topological polar surface area (TPSA) is 96.4 Å². The van der Waals surface area contributed by atoms with Crippen LogP contribution in [-0.4, -0.2) is 61.1 Å². The van der Waals surface area contributed by atoms with Crippen molar-refractivity contribution in [3.63, 3.8) is 0 Å². The van der Waals surface area contributed by atoms with Gasteiger partial charge in [0.2, 0.25) is 0 Å². The Morgan fingerprint density at radius 3 is 2.79 bits per heavy atom. The summed E-state index contributed by atoms with van der Waals surface area (Å²) in [5.74, 6) is 1.51. The minimum Gasteiger partial charge on any atom is -0.444 e. The van der Waals surface area contributed by atoms with Gasteiger partial charge in [-0.3, -0.25) is 4.90 Å². The van der Waals surface area contributed by atoms with Gasteiger partial charge in [0.25, 0.3) is 0 Å². The van der Waals surface area contributed by atoms with Gasteiger partial charge in [0.05, 0.1) is 15.8 Å². The van der Waals surface area contributed by atoms with Crippen molar-refractivity contribution in [2.24, 2.45) is 0 Å². The molecule has 10 heteroatoms. The summed E-state index contributed by atoms with van der Waals surface area (Å²) in [7, 11) is 0. The second-order valence-electron chi connectivity index (χ2n) is 9.93. The largest absolute Gasteiger partial charge is 0.444 e. The molecule has 174 valence electrons. The molecule has 3 aromatic heterocycles. The first-order valence-corrected chi connectivity index (χ1v) is 12.1. The number of pyridine rings is 1. The number of benzene rings is 1. The van der Waals surface area contributed by atoms with Crippen molar-refractivity contribution in [1.82, 2.24) is 24.2 Å². The first kappa shape index (κ1) is 21.0. The van der Waals surface area contributed by atoms with Crippen LogP contribution in [0.15, 0.2) is 42.9 Å². The lowest BCUT2D eigenvalue weighted by Gasteiger charge is -2.62. The summed E-state index contributed by atoms with van der Waals surface area (Å²) >= 11 is 1.46. The number of carbonyl (C=O) groups excluding carboxylic acids is 1. The van der Waals surface area contributed by atoms with Crippen molar-refractivity contribution >= 4 is 56.1 Å². The lowest BCUT2D eigenvalue weighted by Crippen LogP contribution is -2.78. The van der Waals surface area contributed by atoms with Crippen LogP contribution in [0.25, 0.3) is 21.1 Å². The molecule has 0 atom stereocenters. The van der Waals surface area contributed by atoms with Crippen molar-refractivity contribution in [1.29, 1.82) is 0 Å². The molecule has 4 aromatic rings.